The Hall–Kier alpha value is -0.710. The predicted molar refractivity (Wildman–Crippen MR) is 109 cm³/mol. The van der Waals surface area contributed by atoms with Gasteiger partial charge in [-0.25, -0.2) is 0 Å². The fraction of sp³-hybridized carbons (Fsp3) is 0.875. The molecule has 0 saturated heterocycles. The molecular formula is C24H38O4. The van der Waals surface area contributed by atoms with Crippen LogP contribution in [0.15, 0.2) is 12.7 Å². The molecule has 158 valence electrons. The third-order valence-corrected chi connectivity index (χ3v) is 9.70. The maximum absolute atomic E-state index is 14.0. The molecule has 4 saturated carbocycles. The van der Waals surface area contributed by atoms with Crippen molar-refractivity contribution < 1.29 is 19.0 Å². The standard InChI is InChI=1S/C24H38O4/c1-7-15(2)22(4)13-19(28-14-26-5)24-12-17(24)8-10-23(16(3)21(22)25)11-9-18(27-6)20(23)24/h7,15-20H,1,8-14H2,2-6H3/t15?,16-,17-,18+,19+,20?,22-,23?,24-/m0/s1. The van der Waals surface area contributed by atoms with Gasteiger partial charge in [-0.3, -0.25) is 4.79 Å². The third-order valence-electron chi connectivity index (χ3n) is 9.70. The Labute approximate surface area is 170 Å². The summed E-state index contributed by atoms with van der Waals surface area (Å²) in [6.45, 7) is 10.8. The number of hydrogen-bond acceptors (Lipinski definition) is 4. The molecule has 4 fully saturated rings. The Morgan fingerprint density at radius 2 is 1.96 bits per heavy atom. The lowest BCUT2D eigenvalue weighted by Gasteiger charge is -2.56. The molecule has 0 aliphatic heterocycles. The van der Waals surface area contributed by atoms with E-state index in [1.807, 2.05) is 13.2 Å². The van der Waals surface area contributed by atoms with E-state index in [2.05, 4.69) is 27.4 Å². The summed E-state index contributed by atoms with van der Waals surface area (Å²) in [5.74, 6) is 1.71. The normalized spacial score (nSPS) is 50.9. The van der Waals surface area contributed by atoms with Crippen LogP contribution in [-0.4, -0.2) is 39.0 Å². The van der Waals surface area contributed by atoms with Crippen LogP contribution in [0.5, 0.6) is 0 Å². The zero-order valence-corrected chi connectivity index (χ0v) is 18.3. The first-order chi connectivity index (χ1) is 13.3. The number of carbonyl (C=O) groups excluding carboxylic acids is 1. The molecule has 28 heavy (non-hydrogen) atoms. The van der Waals surface area contributed by atoms with Gasteiger partial charge in [-0.05, 0) is 61.7 Å². The van der Waals surface area contributed by atoms with Gasteiger partial charge in [0.15, 0.2) is 0 Å². The largest absolute Gasteiger partial charge is 0.381 e. The summed E-state index contributed by atoms with van der Waals surface area (Å²) in [6.07, 6.45) is 8.78. The SMILES string of the molecule is C=CC(C)[C@]1(C)C[C@@H](OCOC)[C@]23C[C@@H]2CCC2(CC[C@@H](OC)C23)[C@@H](C)C1=O. The summed E-state index contributed by atoms with van der Waals surface area (Å²) >= 11 is 0. The number of ether oxygens (including phenoxy) is 3. The number of rotatable bonds is 6. The summed E-state index contributed by atoms with van der Waals surface area (Å²) in [4.78, 5) is 14.0. The van der Waals surface area contributed by atoms with Gasteiger partial charge in [0.1, 0.15) is 12.6 Å². The van der Waals surface area contributed by atoms with Gasteiger partial charge in [0, 0.05) is 31.0 Å². The second kappa shape index (κ2) is 6.92. The lowest BCUT2D eigenvalue weighted by atomic mass is 9.49. The van der Waals surface area contributed by atoms with Crippen molar-refractivity contribution in [3.05, 3.63) is 12.7 Å². The smallest absolute Gasteiger partial charge is 0.146 e. The topological polar surface area (TPSA) is 44.8 Å². The zero-order chi connectivity index (χ0) is 20.3. The Bertz CT molecular complexity index is 647. The average Bonchev–Trinajstić information content (AvgIpc) is 3.33. The molecule has 0 radical (unpaired) electrons. The van der Waals surface area contributed by atoms with E-state index in [1.165, 1.54) is 12.8 Å². The van der Waals surface area contributed by atoms with Crippen molar-refractivity contribution in [1.29, 1.82) is 0 Å². The number of allylic oxidation sites excluding steroid dienone is 1. The van der Waals surface area contributed by atoms with Crippen LogP contribution in [-0.2, 0) is 19.0 Å². The van der Waals surface area contributed by atoms with Crippen molar-refractivity contribution in [2.75, 3.05) is 21.0 Å². The molecule has 2 bridgehead atoms. The van der Waals surface area contributed by atoms with Gasteiger partial charge in [0.2, 0.25) is 0 Å². The van der Waals surface area contributed by atoms with Crippen LogP contribution in [0.3, 0.4) is 0 Å². The Morgan fingerprint density at radius 3 is 2.61 bits per heavy atom. The molecule has 4 heteroatoms. The van der Waals surface area contributed by atoms with Gasteiger partial charge in [-0.15, -0.1) is 6.58 Å². The summed E-state index contributed by atoms with van der Waals surface area (Å²) in [5, 5.41) is 0. The van der Waals surface area contributed by atoms with E-state index in [-0.39, 0.29) is 34.9 Å². The minimum absolute atomic E-state index is 0.0433. The molecule has 4 nitrogen and oxygen atoms in total. The number of hydrogen-bond donors (Lipinski definition) is 0. The van der Waals surface area contributed by atoms with Crippen LogP contribution in [0.4, 0.5) is 0 Å². The zero-order valence-electron chi connectivity index (χ0n) is 18.3. The lowest BCUT2D eigenvalue weighted by molar-refractivity contribution is -0.184. The summed E-state index contributed by atoms with van der Waals surface area (Å²) < 4.78 is 17.8. The molecule has 3 unspecified atom stereocenters. The summed E-state index contributed by atoms with van der Waals surface area (Å²) in [5.41, 5.74) is -0.243. The monoisotopic (exact) mass is 390 g/mol. The minimum atomic E-state index is -0.444. The number of Topliss-reactive ketones (excluding diaryl/α,β-unsaturated/α-hetero) is 1. The molecule has 0 aromatic heterocycles. The number of carbonyl (C=O) groups is 1. The first-order valence-corrected chi connectivity index (χ1v) is 11.1. The van der Waals surface area contributed by atoms with E-state index in [4.69, 9.17) is 14.2 Å². The molecule has 9 atom stereocenters. The maximum atomic E-state index is 14.0. The molecule has 0 aromatic rings. The molecular weight excluding hydrogens is 352 g/mol. The van der Waals surface area contributed by atoms with Crippen molar-refractivity contribution >= 4 is 5.78 Å². The molecule has 0 heterocycles. The quantitative estimate of drug-likeness (QED) is 0.490. The molecule has 4 aliphatic rings. The molecule has 1 spiro atoms. The van der Waals surface area contributed by atoms with Crippen molar-refractivity contribution in [3.8, 4) is 0 Å². The molecule has 4 aliphatic carbocycles. The number of methoxy groups -OCH3 is 2. The van der Waals surface area contributed by atoms with Crippen LogP contribution < -0.4 is 0 Å². The highest BCUT2D eigenvalue weighted by Gasteiger charge is 2.76. The van der Waals surface area contributed by atoms with Crippen LogP contribution in [0.2, 0.25) is 0 Å². The van der Waals surface area contributed by atoms with Crippen molar-refractivity contribution in [1.82, 2.24) is 0 Å². The van der Waals surface area contributed by atoms with Crippen molar-refractivity contribution in [3.63, 3.8) is 0 Å². The van der Waals surface area contributed by atoms with Gasteiger partial charge in [-0.1, -0.05) is 26.8 Å². The average molecular weight is 391 g/mol. The van der Waals surface area contributed by atoms with E-state index >= 15 is 0 Å². The fourth-order valence-electron chi connectivity index (χ4n) is 7.84. The molecule has 0 N–H and O–H groups in total. The molecule has 0 amide bonds. The predicted octanol–water partition coefficient (Wildman–Crippen LogP) is 4.62. The Kier molecular flexibility index (Phi) is 5.08. The minimum Gasteiger partial charge on any atom is -0.381 e. The van der Waals surface area contributed by atoms with Gasteiger partial charge in [0.25, 0.3) is 0 Å². The maximum Gasteiger partial charge on any atom is 0.146 e. The summed E-state index contributed by atoms with van der Waals surface area (Å²) in [7, 11) is 3.54. The lowest BCUT2D eigenvalue weighted by Crippen LogP contribution is -2.58. The van der Waals surface area contributed by atoms with E-state index in [1.54, 1.807) is 7.11 Å². The highest BCUT2D eigenvalue weighted by molar-refractivity contribution is 5.88. The van der Waals surface area contributed by atoms with E-state index < -0.39 is 5.41 Å². The first kappa shape index (κ1) is 20.6. The van der Waals surface area contributed by atoms with E-state index in [9.17, 15) is 4.79 Å². The van der Waals surface area contributed by atoms with Crippen LogP contribution >= 0.6 is 0 Å². The van der Waals surface area contributed by atoms with Crippen LogP contribution in [0.1, 0.15) is 59.3 Å². The van der Waals surface area contributed by atoms with E-state index in [0.29, 0.717) is 24.4 Å². The van der Waals surface area contributed by atoms with Gasteiger partial charge >= 0.3 is 0 Å². The third kappa shape index (κ3) is 2.50. The molecule has 0 aromatic carbocycles. The van der Waals surface area contributed by atoms with Crippen LogP contribution in [0.25, 0.3) is 0 Å². The second-order valence-corrected chi connectivity index (χ2v) is 10.4. The second-order valence-electron chi connectivity index (χ2n) is 10.4. The first-order valence-electron chi connectivity index (χ1n) is 11.1. The number of ketones is 1. The van der Waals surface area contributed by atoms with E-state index in [0.717, 1.165) is 25.7 Å². The van der Waals surface area contributed by atoms with Crippen molar-refractivity contribution in [2.45, 2.75) is 71.5 Å². The highest BCUT2D eigenvalue weighted by atomic mass is 16.7. The highest BCUT2D eigenvalue weighted by Crippen LogP contribution is 2.78. The molecule has 4 rings (SSSR count). The Morgan fingerprint density at radius 1 is 1.25 bits per heavy atom. The van der Waals surface area contributed by atoms with Gasteiger partial charge < -0.3 is 14.2 Å². The summed E-state index contributed by atoms with van der Waals surface area (Å²) in [6, 6.07) is 0. The fourth-order valence-corrected chi connectivity index (χ4v) is 7.84. The Balaban J connectivity index is 1.85. The van der Waals surface area contributed by atoms with Gasteiger partial charge in [-0.2, -0.15) is 0 Å². The van der Waals surface area contributed by atoms with Gasteiger partial charge in [0.05, 0.1) is 12.2 Å². The van der Waals surface area contributed by atoms with Crippen LogP contribution in [0, 0.1) is 39.9 Å². The van der Waals surface area contributed by atoms with Crippen molar-refractivity contribution in [2.24, 2.45) is 39.9 Å².